The van der Waals surface area contributed by atoms with E-state index in [0.717, 1.165) is 32.6 Å². The molecule has 0 aromatic heterocycles. The Morgan fingerprint density at radius 1 is 1.43 bits per heavy atom. The van der Waals surface area contributed by atoms with E-state index in [1.165, 1.54) is 6.42 Å². The summed E-state index contributed by atoms with van der Waals surface area (Å²) in [4.78, 5) is 0. The van der Waals surface area contributed by atoms with Gasteiger partial charge >= 0.3 is 0 Å². The summed E-state index contributed by atoms with van der Waals surface area (Å²) in [5, 5.41) is 12.9. The Balaban J connectivity index is 2.36. The van der Waals surface area contributed by atoms with E-state index in [2.05, 4.69) is 19.2 Å². The van der Waals surface area contributed by atoms with Gasteiger partial charge in [-0.1, -0.05) is 20.3 Å². The monoisotopic (exact) mass is 201 g/mol. The van der Waals surface area contributed by atoms with E-state index in [9.17, 15) is 5.11 Å². The minimum absolute atomic E-state index is 0.0678. The lowest BCUT2D eigenvalue weighted by Crippen LogP contribution is -2.53. The van der Waals surface area contributed by atoms with Gasteiger partial charge in [-0.2, -0.15) is 0 Å². The first-order chi connectivity index (χ1) is 6.72. The van der Waals surface area contributed by atoms with Gasteiger partial charge in [-0.05, 0) is 25.3 Å². The lowest BCUT2D eigenvalue weighted by atomic mass is 9.90. The Hall–Kier alpha value is -0.120. The molecule has 0 aliphatic carbocycles. The highest BCUT2D eigenvalue weighted by atomic mass is 16.5. The largest absolute Gasteiger partial charge is 0.394 e. The summed E-state index contributed by atoms with van der Waals surface area (Å²) in [6.07, 6.45) is 3.05. The van der Waals surface area contributed by atoms with Crippen LogP contribution in [0.4, 0.5) is 0 Å². The molecule has 1 heterocycles. The van der Waals surface area contributed by atoms with Gasteiger partial charge in [0, 0.05) is 18.8 Å². The topological polar surface area (TPSA) is 41.5 Å². The van der Waals surface area contributed by atoms with Crippen molar-refractivity contribution in [1.29, 1.82) is 0 Å². The van der Waals surface area contributed by atoms with E-state index in [0.29, 0.717) is 5.92 Å². The third-order valence-electron chi connectivity index (χ3n) is 3.28. The molecule has 14 heavy (non-hydrogen) atoms. The Labute approximate surface area is 86.8 Å². The Bertz CT molecular complexity index is 155. The Kier molecular flexibility index (Phi) is 4.85. The van der Waals surface area contributed by atoms with Crippen molar-refractivity contribution >= 4 is 0 Å². The zero-order valence-corrected chi connectivity index (χ0v) is 9.38. The van der Waals surface area contributed by atoms with Crippen LogP contribution in [0.15, 0.2) is 0 Å². The molecule has 1 aliphatic heterocycles. The smallest absolute Gasteiger partial charge is 0.0615 e. The molecular weight excluding hydrogens is 178 g/mol. The second-order valence-electron chi connectivity index (χ2n) is 4.45. The molecule has 0 amide bonds. The van der Waals surface area contributed by atoms with Gasteiger partial charge < -0.3 is 15.2 Å². The zero-order valence-electron chi connectivity index (χ0n) is 9.38. The summed E-state index contributed by atoms with van der Waals surface area (Å²) in [6.45, 7) is 7.20. The standard InChI is InChI=1S/C11H23NO2/c1-3-10(2)8-12-11(9-13)4-6-14-7-5-11/h10,12-13H,3-9H2,1-2H3. The van der Waals surface area contributed by atoms with Gasteiger partial charge in [-0.3, -0.25) is 0 Å². The molecule has 2 N–H and O–H groups in total. The Morgan fingerprint density at radius 2 is 2.07 bits per heavy atom. The van der Waals surface area contributed by atoms with Crippen LogP contribution in [-0.4, -0.2) is 37.0 Å². The highest BCUT2D eigenvalue weighted by Gasteiger charge is 2.31. The van der Waals surface area contributed by atoms with Gasteiger partial charge in [0.1, 0.15) is 0 Å². The molecule has 0 aromatic rings. The third kappa shape index (κ3) is 3.23. The van der Waals surface area contributed by atoms with Crippen LogP contribution in [0.25, 0.3) is 0 Å². The predicted octanol–water partition coefficient (Wildman–Crippen LogP) is 1.16. The fourth-order valence-electron chi connectivity index (χ4n) is 1.69. The van der Waals surface area contributed by atoms with Gasteiger partial charge in [0.15, 0.2) is 0 Å². The first-order valence-corrected chi connectivity index (χ1v) is 5.66. The molecule has 1 saturated heterocycles. The predicted molar refractivity (Wildman–Crippen MR) is 57.3 cm³/mol. The van der Waals surface area contributed by atoms with Crippen molar-refractivity contribution < 1.29 is 9.84 Å². The van der Waals surface area contributed by atoms with Crippen LogP contribution < -0.4 is 5.32 Å². The summed E-state index contributed by atoms with van der Waals surface area (Å²) < 4.78 is 5.31. The number of aliphatic hydroxyl groups is 1. The molecule has 0 saturated carbocycles. The molecule has 0 aromatic carbocycles. The fourth-order valence-corrected chi connectivity index (χ4v) is 1.69. The first-order valence-electron chi connectivity index (χ1n) is 5.66. The van der Waals surface area contributed by atoms with E-state index in [1.807, 2.05) is 0 Å². The summed E-state index contributed by atoms with van der Waals surface area (Å²) >= 11 is 0. The van der Waals surface area contributed by atoms with Gasteiger partial charge in [0.25, 0.3) is 0 Å². The molecule has 0 spiro atoms. The molecule has 1 rings (SSSR count). The molecule has 3 nitrogen and oxygen atoms in total. The maximum atomic E-state index is 9.41. The number of aliphatic hydroxyl groups excluding tert-OH is 1. The number of hydrogen-bond acceptors (Lipinski definition) is 3. The maximum Gasteiger partial charge on any atom is 0.0615 e. The van der Waals surface area contributed by atoms with E-state index in [1.54, 1.807) is 0 Å². The lowest BCUT2D eigenvalue weighted by molar-refractivity contribution is 0.0106. The minimum atomic E-state index is -0.0678. The maximum absolute atomic E-state index is 9.41. The van der Waals surface area contributed by atoms with Crippen molar-refractivity contribution in [3.63, 3.8) is 0 Å². The molecule has 1 aliphatic rings. The van der Waals surface area contributed by atoms with E-state index in [-0.39, 0.29) is 12.1 Å². The quantitative estimate of drug-likeness (QED) is 0.701. The number of nitrogens with one attached hydrogen (secondary N) is 1. The van der Waals surface area contributed by atoms with Crippen molar-refractivity contribution in [2.45, 2.75) is 38.6 Å². The molecule has 1 unspecified atom stereocenters. The van der Waals surface area contributed by atoms with Crippen molar-refractivity contribution in [3.8, 4) is 0 Å². The van der Waals surface area contributed by atoms with Crippen LogP contribution in [0.3, 0.4) is 0 Å². The molecular formula is C11H23NO2. The van der Waals surface area contributed by atoms with Crippen LogP contribution in [0.2, 0.25) is 0 Å². The summed E-state index contributed by atoms with van der Waals surface area (Å²) in [7, 11) is 0. The van der Waals surface area contributed by atoms with Crippen LogP contribution in [0, 0.1) is 5.92 Å². The molecule has 0 radical (unpaired) electrons. The normalized spacial score (nSPS) is 23.4. The second-order valence-corrected chi connectivity index (χ2v) is 4.45. The summed E-state index contributed by atoms with van der Waals surface area (Å²) in [5.41, 5.74) is -0.0678. The van der Waals surface area contributed by atoms with Gasteiger partial charge in [0.2, 0.25) is 0 Å². The van der Waals surface area contributed by atoms with Gasteiger partial charge in [0.05, 0.1) is 6.61 Å². The zero-order chi connectivity index (χ0) is 10.4. The third-order valence-corrected chi connectivity index (χ3v) is 3.28. The highest BCUT2D eigenvalue weighted by molar-refractivity contribution is 4.89. The van der Waals surface area contributed by atoms with Crippen LogP contribution in [0.5, 0.6) is 0 Å². The average molecular weight is 201 g/mol. The molecule has 84 valence electrons. The van der Waals surface area contributed by atoms with E-state index < -0.39 is 0 Å². The SMILES string of the molecule is CCC(C)CNC1(CO)CCOCC1. The summed E-state index contributed by atoms with van der Waals surface area (Å²) in [5.74, 6) is 0.682. The highest BCUT2D eigenvalue weighted by Crippen LogP contribution is 2.20. The Morgan fingerprint density at radius 3 is 2.57 bits per heavy atom. The number of hydrogen-bond donors (Lipinski definition) is 2. The molecule has 1 atom stereocenters. The molecule has 3 heteroatoms. The average Bonchev–Trinajstić information content (AvgIpc) is 2.27. The lowest BCUT2D eigenvalue weighted by Gasteiger charge is -2.37. The van der Waals surface area contributed by atoms with E-state index >= 15 is 0 Å². The number of rotatable bonds is 5. The molecule has 0 bridgehead atoms. The number of ether oxygens (including phenoxy) is 1. The van der Waals surface area contributed by atoms with Crippen molar-refractivity contribution in [2.75, 3.05) is 26.4 Å². The van der Waals surface area contributed by atoms with Crippen LogP contribution in [-0.2, 0) is 4.74 Å². The molecule has 1 fully saturated rings. The van der Waals surface area contributed by atoms with Crippen LogP contribution >= 0.6 is 0 Å². The van der Waals surface area contributed by atoms with Crippen molar-refractivity contribution in [2.24, 2.45) is 5.92 Å². The fraction of sp³-hybridized carbons (Fsp3) is 1.00. The van der Waals surface area contributed by atoms with E-state index in [4.69, 9.17) is 4.74 Å². The van der Waals surface area contributed by atoms with Gasteiger partial charge in [-0.25, -0.2) is 0 Å². The van der Waals surface area contributed by atoms with Crippen molar-refractivity contribution in [1.82, 2.24) is 5.32 Å². The minimum Gasteiger partial charge on any atom is -0.394 e. The van der Waals surface area contributed by atoms with Crippen LogP contribution in [0.1, 0.15) is 33.1 Å². The van der Waals surface area contributed by atoms with Crippen molar-refractivity contribution in [3.05, 3.63) is 0 Å². The summed E-state index contributed by atoms with van der Waals surface area (Å²) in [6, 6.07) is 0. The second kappa shape index (κ2) is 5.69. The first kappa shape index (κ1) is 12.0. The van der Waals surface area contributed by atoms with Gasteiger partial charge in [-0.15, -0.1) is 0 Å².